The van der Waals surface area contributed by atoms with E-state index in [-0.39, 0.29) is 17.8 Å². The van der Waals surface area contributed by atoms with Gasteiger partial charge >= 0.3 is 0 Å². The molecule has 0 radical (unpaired) electrons. The fourth-order valence-corrected chi connectivity index (χ4v) is 3.48. The second kappa shape index (κ2) is 6.76. The molecule has 9 heteroatoms. The van der Waals surface area contributed by atoms with E-state index < -0.39 is 0 Å². The van der Waals surface area contributed by atoms with E-state index in [0.29, 0.717) is 6.54 Å². The zero-order valence-electron chi connectivity index (χ0n) is 15.0. The average Bonchev–Trinajstić information content (AvgIpc) is 3.48. The van der Waals surface area contributed by atoms with Crippen LogP contribution in [-0.2, 0) is 0 Å². The first-order valence-electron chi connectivity index (χ1n) is 9.09. The highest BCUT2D eigenvalue weighted by molar-refractivity contribution is 5.90. The van der Waals surface area contributed by atoms with Crippen LogP contribution in [0.25, 0.3) is 11.2 Å². The first-order valence-corrected chi connectivity index (χ1v) is 9.09. The highest BCUT2D eigenvalue weighted by atomic mass is 16.2. The molecule has 1 N–H and O–H groups in total. The molecular weight excluding hydrogens is 356 g/mol. The summed E-state index contributed by atoms with van der Waals surface area (Å²) in [6.45, 7) is 1.50. The number of nitrogens with one attached hydrogen (secondary N) is 1. The van der Waals surface area contributed by atoms with E-state index in [9.17, 15) is 4.79 Å². The molecule has 140 valence electrons. The van der Waals surface area contributed by atoms with Crippen LogP contribution < -0.4 is 10.2 Å². The van der Waals surface area contributed by atoms with Crippen molar-refractivity contribution in [1.82, 2.24) is 34.7 Å². The molecule has 1 aliphatic rings. The van der Waals surface area contributed by atoms with Crippen molar-refractivity contribution in [2.45, 2.75) is 12.5 Å². The van der Waals surface area contributed by atoms with Gasteiger partial charge in [0.05, 0.1) is 11.9 Å². The molecule has 4 aromatic rings. The van der Waals surface area contributed by atoms with Crippen LogP contribution in [0.1, 0.15) is 17.0 Å². The minimum Gasteiger partial charge on any atom is -0.353 e. The second-order valence-electron chi connectivity index (χ2n) is 6.67. The summed E-state index contributed by atoms with van der Waals surface area (Å²) in [5.74, 6) is 0.776. The third kappa shape index (κ3) is 2.96. The van der Waals surface area contributed by atoms with Crippen LogP contribution in [0.3, 0.4) is 0 Å². The summed E-state index contributed by atoms with van der Waals surface area (Å²) in [7, 11) is 0. The van der Waals surface area contributed by atoms with E-state index in [1.54, 1.807) is 27.9 Å². The molecule has 28 heavy (non-hydrogen) atoms. The van der Waals surface area contributed by atoms with Crippen LogP contribution in [0, 0.1) is 0 Å². The number of fused-ring (bicyclic) bond motifs is 1. The Morgan fingerprint density at radius 2 is 2.00 bits per heavy atom. The van der Waals surface area contributed by atoms with Crippen molar-refractivity contribution in [3.63, 3.8) is 0 Å². The van der Waals surface area contributed by atoms with Gasteiger partial charge in [-0.3, -0.25) is 4.79 Å². The quantitative estimate of drug-likeness (QED) is 0.579. The molecule has 4 heterocycles. The van der Waals surface area contributed by atoms with Gasteiger partial charge in [-0.05, 0) is 24.6 Å². The van der Waals surface area contributed by atoms with E-state index >= 15 is 0 Å². The number of aromatic nitrogens is 6. The number of anilines is 1. The Kier molecular flexibility index (Phi) is 3.97. The van der Waals surface area contributed by atoms with Crippen LogP contribution >= 0.6 is 0 Å². The standard InChI is InChI=1S/C19H18N8O/c28-19(17-21-13-27(24-17)15-4-2-1-3-5-15)23-14-7-10-25(12-14)18-16-6-8-22-26(16)11-9-20-18/h1-6,8-9,11,13-14H,7,10,12H2,(H,23,28). The second-order valence-corrected chi connectivity index (χ2v) is 6.67. The predicted molar refractivity (Wildman–Crippen MR) is 102 cm³/mol. The maximum absolute atomic E-state index is 12.6. The largest absolute Gasteiger partial charge is 0.353 e. The number of hydrogen-bond donors (Lipinski definition) is 1. The third-order valence-corrected chi connectivity index (χ3v) is 4.84. The van der Waals surface area contributed by atoms with E-state index in [4.69, 9.17) is 0 Å². The molecule has 1 atom stereocenters. The van der Waals surface area contributed by atoms with Gasteiger partial charge in [-0.2, -0.15) is 5.10 Å². The lowest BCUT2D eigenvalue weighted by atomic mass is 10.2. The number of amides is 1. The molecule has 0 saturated carbocycles. The topological polar surface area (TPSA) is 93.2 Å². The Morgan fingerprint density at radius 3 is 2.89 bits per heavy atom. The summed E-state index contributed by atoms with van der Waals surface area (Å²) in [6, 6.07) is 11.5. The van der Waals surface area contributed by atoms with Crippen LogP contribution in [0.15, 0.2) is 61.3 Å². The van der Waals surface area contributed by atoms with Gasteiger partial charge in [0.25, 0.3) is 5.91 Å². The summed E-state index contributed by atoms with van der Waals surface area (Å²) >= 11 is 0. The van der Waals surface area contributed by atoms with Crippen LogP contribution in [-0.4, -0.2) is 54.4 Å². The van der Waals surface area contributed by atoms with Crippen molar-refractivity contribution in [3.8, 4) is 5.69 Å². The van der Waals surface area contributed by atoms with Gasteiger partial charge in [-0.15, -0.1) is 5.10 Å². The maximum atomic E-state index is 12.6. The lowest BCUT2D eigenvalue weighted by Gasteiger charge is -2.18. The van der Waals surface area contributed by atoms with Crippen molar-refractivity contribution >= 4 is 17.2 Å². The van der Waals surface area contributed by atoms with Gasteiger partial charge < -0.3 is 10.2 Å². The summed E-state index contributed by atoms with van der Waals surface area (Å²) in [6.07, 6.45) is 7.70. The minimum atomic E-state index is -0.267. The molecule has 1 fully saturated rings. The van der Waals surface area contributed by atoms with E-state index in [1.807, 2.05) is 42.6 Å². The van der Waals surface area contributed by atoms with E-state index in [1.165, 1.54) is 0 Å². The van der Waals surface area contributed by atoms with Gasteiger partial charge in [0.1, 0.15) is 11.8 Å². The number of carbonyl (C=O) groups excluding carboxylic acids is 1. The lowest BCUT2D eigenvalue weighted by Crippen LogP contribution is -2.37. The Bertz CT molecular complexity index is 1120. The molecule has 1 saturated heterocycles. The zero-order chi connectivity index (χ0) is 18.9. The molecule has 1 amide bonds. The number of rotatable bonds is 4. The van der Waals surface area contributed by atoms with E-state index in [2.05, 4.69) is 30.4 Å². The molecule has 1 unspecified atom stereocenters. The first-order chi connectivity index (χ1) is 13.8. The van der Waals surface area contributed by atoms with Gasteiger partial charge in [-0.1, -0.05) is 18.2 Å². The molecule has 9 nitrogen and oxygen atoms in total. The van der Waals surface area contributed by atoms with Crippen molar-refractivity contribution in [2.75, 3.05) is 18.0 Å². The Balaban J connectivity index is 1.27. The Labute approximate surface area is 160 Å². The SMILES string of the molecule is O=C(NC1CCN(c2nccn3nccc23)C1)c1ncn(-c2ccccc2)n1. The highest BCUT2D eigenvalue weighted by Crippen LogP contribution is 2.22. The lowest BCUT2D eigenvalue weighted by molar-refractivity contribution is 0.0930. The molecular formula is C19H18N8O. The van der Waals surface area contributed by atoms with Gasteiger partial charge in [0, 0.05) is 31.5 Å². The van der Waals surface area contributed by atoms with Crippen LogP contribution in [0.5, 0.6) is 0 Å². The molecule has 0 bridgehead atoms. The predicted octanol–water partition coefficient (Wildman–Crippen LogP) is 1.32. The first kappa shape index (κ1) is 16.4. The zero-order valence-corrected chi connectivity index (χ0v) is 15.0. The number of benzene rings is 1. The highest BCUT2D eigenvalue weighted by Gasteiger charge is 2.27. The minimum absolute atomic E-state index is 0.0150. The van der Waals surface area contributed by atoms with Crippen molar-refractivity contribution in [1.29, 1.82) is 0 Å². The maximum Gasteiger partial charge on any atom is 0.291 e. The molecule has 0 aliphatic carbocycles. The smallest absolute Gasteiger partial charge is 0.291 e. The summed E-state index contributed by atoms with van der Waals surface area (Å²) in [5, 5.41) is 11.6. The average molecular weight is 374 g/mol. The summed E-state index contributed by atoms with van der Waals surface area (Å²) in [4.78, 5) is 23.4. The molecule has 1 aromatic carbocycles. The fourth-order valence-electron chi connectivity index (χ4n) is 3.48. The van der Waals surface area contributed by atoms with E-state index in [0.717, 1.165) is 30.0 Å². The Morgan fingerprint density at radius 1 is 1.11 bits per heavy atom. The normalized spacial score (nSPS) is 16.6. The van der Waals surface area contributed by atoms with Gasteiger partial charge in [0.2, 0.25) is 5.82 Å². The Hall–Kier alpha value is -3.75. The number of hydrogen-bond acceptors (Lipinski definition) is 6. The monoisotopic (exact) mass is 374 g/mol. The van der Waals surface area contributed by atoms with Crippen molar-refractivity contribution in [3.05, 3.63) is 67.1 Å². The molecule has 3 aromatic heterocycles. The summed E-state index contributed by atoms with van der Waals surface area (Å²) in [5.41, 5.74) is 1.82. The molecule has 0 spiro atoms. The molecule has 5 rings (SSSR count). The number of para-hydroxylation sites is 1. The van der Waals surface area contributed by atoms with Crippen LogP contribution in [0.4, 0.5) is 5.82 Å². The van der Waals surface area contributed by atoms with Gasteiger partial charge in [-0.25, -0.2) is 19.2 Å². The number of carbonyl (C=O) groups is 1. The third-order valence-electron chi connectivity index (χ3n) is 4.84. The molecule has 1 aliphatic heterocycles. The fraction of sp³-hybridized carbons (Fsp3) is 0.211. The summed E-state index contributed by atoms with van der Waals surface area (Å²) < 4.78 is 3.40. The number of nitrogens with zero attached hydrogens (tertiary/aromatic N) is 7. The van der Waals surface area contributed by atoms with Crippen molar-refractivity contribution in [2.24, 2.45) is 0 Å². The van der Waals surface area contributed by atoms with Gasteiger partial charge in [0.15, 0.2) is 5.82 Å². The van der Waals surface area contributed by atoms with Crippen LogP contribution in [0.2, 0.25) is 0 Å². The van der Waals surface area contributed by atoms with Crippen molar-refractivity contribution < 1.29 is 4.79 Å².